The van der Waals surface area contributed by atoms with E-state index in [1.807, 2.05) is 6.92 Å². The van der Waals surface area contributed by atoms with Crippen molar-refractivity contribution in [1.29, 1.82) is 0 Å². The van der Waals surface area contributed by atoms with Crippen LogP contribution >= 0.6 is 27.3 Å². The first-order valence-corrected chi connectivity index (χ1v) is 12.3. The highest BCUT2D eigenvalue weighted by Gasteiger charge is 2.25. The zero-order chi connectivity index (χ0) is 25.5. The summed E-state index contributed by atoms with van der Waals surface area (Å²) >= 11 is 4.90. The molecule has 10 nitrogen and oxygen atoms in total. The third kappa shape index (κ3) is 7.65. The van der Waals surface area contributed by atoms with E-state index in [0.717, 1.165) is 14.5 Å². The predicted octanol–water partition coefficient (Wildman–Crippen LogP) is 2.18. The quantitative estimate of drug-likeness (QED) is 0.345. The second-order valence-corrected chi connectivity index (χ2v) is 10.6. The van der Waals surface area contributed by atoms with Crippen molar-refractivity contribution in [2.75, 3.05) is 6.54 Å². The number of amides is 3. The van der Waals surface area contributed by atoms with Gasteiger partial charge in [-0.05, 0) is 53.0 Å². The minimum Gasteiger partial charge on any atom is -0.349 e. The van der Waals surface area contributed by atoms with E-state index in [-0.39, 0.29) is 24.6 Å². The molecule has 0 fully saturated rings. The summed E-state index contributed by atoms with van der Waals surface area (Å²) in [5, 5.41) is 15.9. The first-order chi connectivity index (χ1) is 16.6. The van der Waals surface area contributed by atoms with E-state index in [4.69, 9.17) is 0 Å². The van der Waals surface area contributed by atoms with Crippen molar-refractivity contribution in [1.82, 2.24) is 35.9 Å². The number of hydrogen-bond acceptors (Lipinski definition) is 7. The number of hydrogen-bond donors (Lipinski definition) is 3. The third-order valence-corrected chi connectivity index (χ3v) is 6.46. The lowest BCUT2D eigenvalue weighted by Crippen LogP contribution is -2.51. The lowest BCUT2D eigenvalue weighted by atomic mass is 10.0. The maximum atomic E-state index is 13.1. The summed E-state index contributed by atoms with van der Waals surface area (Å²) in [5.41, 5.74) is 1.67. The van der Waals surface area contributed by atoms with Crippen LogP contribution in [0.25, 0.3) is 0 Å². The molecule has 0 aliphatic rings. The number of carbonyl (C=O) groups excluding carboxylic acids is 3. The van der Waals surface area contributed by atoms with E-state index < -0.39 is 29.6 Å². The highest BCUT2D eigenvalue weighted by molar-refractivity contribution is 9.11. The maximum Gasteiger partial charge on any atom is 0.251 e. The van der Waals surface area contributed by atoms with E-state index in [0.29, 0.717) is 12.2 Å². The van der Waals surface area contributed by atoms with Crippen LogP contribution in [0.3, 0.4) is 0 Å². The number of benzene rings is 1. The molecule has 2 aromatic heterocycles. The Morgan fingerprint density at radius 3 is 2.51 bits per heavy atom. The van der Waals surface area contributed by atoms with Crippen LogP contribution in [0, 0.1) is 18.7 Å². The molecule has 1 atom stereocenters. The molecule has 0 bridgehead atoms. The predicted molar refractivity (Wildman–Crippen MR) is 131 cm³/mol. The largest absolute Gasteiger partial charge is 0.349 e. The van der Waals surface area contributed by atoms with Gasteiger partial charge >= 0.3 is 0 Å². The van der Waals surface area contributed by atoms with Gasteiger partial charge in [0.1, 0.15) is 17.6 Å². The fourth-order valence-electron chi connectivity index (χ4n) is 3.08. The van der Waals surface area contributed by atoms with E-state index in [1.54, 1.807) is 24.7 Å². The number of rotatable bonds is 10. The average Bonchev–Trinajstić information content (AvgIpc) is 3.39. The summed E-state index contributed by atoms with van der Waals surface area (Å²) in [4.78, 5) is 42.7. The first-order valence-electron chi connectivity index (χ1n) is 10.7. The monoisotopic (exact) mass is 565 g/mol. The van der Waals surface area contributed by atoms with Crippen molar-refractivity contribution in [2.24, 2.45) is 5.92 Å². The Hall–Kier alpha value is -3.19. The van der Waals surface area contributed by atoms with Gasteiger partial charge in [-0.1, -0.05) is 19.1 Å². The minimum absolute atomic E-state index is 0.142. The Labute approximate surface area is 213 Å². The summed E-state index contributed by atoms with van der Waals surface area (Å²) in [6, 6.07) is 4.14. The molecule has 0 aliphatic heterocycles. The number of nitrogens with zero attached hydrogens (tertiary/aromatic N) is 4. The number of thiazole rings is 1. The molecule has 0 spiro atoms. The van der Waals surface area contributed by atoms with E-state index in [2.05, 4.69) is 47.2 Å². The Morgan fingerprint density at radius 2 is 1.89 bits per heavy atom. The Balaban J connectivity index is 1.46. The van der Waals surface area contributed by atoms with Gasteiger partial charge in [0, 0.05) is 10.4 Å². The summed E-state index contributed by atoms with van der Waals surface area (Å²) in [6.07, 6.45) is 1.71. The van der Waals surface area contributed by atoms with Crippen LogP contribution in [-0.4, -0.2) is 50.3 Å². The second-order valence-electron chi connectivity index (χ2n) is 8.07. The van der Waals surface area contributed by atoms with Gasteiger partial charge in [0.2, 0.25) is 11.8 Å². The molecule has 186 valence electrons. The maximum absolute atomic E-state index is 13.1. The van der Waals surface area contributed by atoms with Crippen LogP contribution in [-0.2, 0) is 22.7 Å². The SMILES string of the molecule is Cc1sc(Br)nc1Cn1cc(CNC(=O)CNC(=O)C(NC(=O)c2ccc(F)cc2)C(C)C)nn1. The summed E-state index contributed by atoms with van der Waals surface area (Å²) in [6.45, 7) is 5.85. The molecule has 2 heterocycles. The van der Waals surface area contributed by atoms with E-state index in [1.165, 1.54) is 35.6 Å². The lowest BCUT2D eigenvalue weighted by molar-refractivity contribution is -0.127. The number of aromatic nitrogens is 4. The number of nitrogens with one attached hydrogen (secondary N) is 3. The molecule has 3 aromatic rings. The van der Waals surface area contributed by atoms with Crippen LogP contribution in [0.1, 0.15) is 40.5 Å². The molecule has 0 aliphatic carbocycles. The van der Waals surface area contributed by atoms with Crippen molar-refractivity contribution in [3.63, 3.8) is 0 Å². The van der Waals surface area contributed by atoms with Crippen molar-refractivity contribution >= 4 is 45.0 Å². The molecule has 3 rings (SSSR count). The molecular weight excluding hydrogens is 541 g/mol. The Bertz CT molecular complexity index is 1200. The molecule has 1 unspecified atom stereocenters. The van der Waals surface area contributed by atoms with Crippen LogP contribution < -0.4 is 16.0 Å². The number of aryl methyl sites for hydroxylation is 1. The van der Waals surface area contributed by atoms with Crippen molar-refractivity contribution < 1.29 is 18.8 Å². The van der Waals surface area contributed by atoms with Gasteiger partial charge in [0.05, 0.1) is 31.5 Å². The number of carbonyl (C=O) groups is 3. The van der Waals surface area contributed by atoms with Crippen molar-refractivity contribution in [3.8, 4) is 0 Å². The minimum atomic E-state index is -0.866. The second kappa shape index (κ2) is 12.0. The van der Waals surface area contributed by atoms with Gasteiger partial charge in [-0.2, -0.15) is 0 Å². The molecule has 1 aromatic carbocycles. The molecule has 3 N–H and O–H groups in total. The van der Waals surface area contributed by atoms with Crippen molar-refractivity contribution in [2.45, 2.75) is 39.9 Å². The first kappa shape index (κ1) is 26.4. The number of halogens is 2. The van der Waals surface area contributed by atoms with Crippen LogP contribution in [0.4, 0.5) is 4.39 Å². The highest BCUT2D eigenvalue weighted by Crippen LogP contribution is 2.22. The third-order valence-electron chi connectivity index (χ3n) is 5.00. The molecule has 13 heteroatoms. The molecule has 3 amide bonds. The standard InChI is InChI=1S/C22H25BrFN7O3S/c1-12(2)19(28-20(33)14-4-6-15(24)7-5-14)21(34)26-9-18(32)25-8-16-10-31(30-29-16)11-17-13(3)35-22(23)27-17/h4-7,10,12,19H,8-9,11H2,1-3H3,(H,25,32)(H,26,34)(H,28,33). The van der Waals surface area contributed by atoms with Crippen LogP contribution in [0.15, 0.2) is 34.4 Å². The zero-order valence-electron chi connectivity index (χ0n) is 19.3. The van der Waals surface area contributed by atoms with Crippen LogP contribution in [0.5, 0.6) is 0 Å². The normalized spacial score (nSPS) is 11.8. The van der Waals surface area contributed by atoms with Gasteiger partial charge in [0.15, 0.2) is 3.92 Å². The topological polar surface area (TPSA) is 131 Å². The van der Waals surface area contributed by atoms with Crippen molar-refractivity contribution in [3.05, 3.63) is 62.0 Å². The summed E-state index contributed by atoms with van der Waals surface area (Å²) in [5.74, 6) is -2.12. The Kier molecular flexibility index (Phi) is 9.04. The lowest BCUT2D eigenvalue weighted by Gasteiger charge is -2.21. The van der Waals surface area contributed by atoms with E-state index >= 15 is 0 Å². The molecule has 35 heavy (non-hydrogen) atoms. The van der Waals surface area contributed by atoms with Crippen LogP contribution in [0.2, 0.25) is 0 Å². The molecule has 0 saturated carbocycles. The van der Waals surface area contributed by atoms with Gasteiger partial charge in [-0.25, -0.2) is 14.1 Å². The van der Waals surface area contributed by atoms with Gasteiger partial charge in [0.25, 0.3) is 5.91 Å². The smallest absolute Gasteiger partial charge is 0.251 e. The molecule has 0 saturated heterocycles. The highest BCUT2D eigenvalue weighted by atomic mass is 79.9. The molecule has 0 radical (unpaired) electrons. The van der Waals surface area contributed by atoms with Gasteiger partial charge in [-0.15, -0.1) is 16.4 Å². The average molecular weight is 566 g/mol. The van der Waals surface area contributed by atoms with Gasteiger partial charge < -0.3 is 16.0 Å². The zero-order valence-corrected chi connectivity index (χ0v) is 21.7. The Morgan fingerprint density at radius 1 is 1.17 bits per heavy atom. The summed E-state index contributed by atoms with van der Waals surface area (Å²) < 4.78 is 15.5. The fourth-order valence-corrected chi connectivity index (χ4v) is 4.66. The fraction of sp³-hybridized carbons (Fsp3) is 0.364. The summed E-state index contributed by atoms with van der Waals surface area (Å²) in [7, 11) is 0. The molecular formula is C22H25BrFN7O3S. The van der Waals surface area contributed by atoms with Gasteiger partial charge in [-0.3, -0.25) is 14.4 Å². The van der Waals surface area contributed by atoms with E-state index in [9.17, 15) is 18.8 Å².